The lowest BCUT2D eigenvalue weighted by Crippen LogP contribution is -2.54. The third-order valence-corrected chi connectivity index (χ3v) is 3.81. The fourth-order valence-corrected chi connectivity index (χ4v) is 2.29. The lowest BCUT2D eigenvalue weighted by molar-refractivity contribution is -0.124. The van der Waals surface area contributed by atoms with Crippen LogP contribution in [0.3, 0.4) is 0 Å². The quantitative estimate of drug-likeness (QED) is 0.600. The molecule has 4 N–H and O–H groups in total. The number of amides is 1. The molecule has 1 aromatic rings. The zero-order chi connectivity index (χ0) is 15.3. The molecule has 116 valence electrons. The Labute approximate surface area is 125 Å². The SMILES string of the molecule is CC(CCCOc1cccc(CO)c1)(NC1CC1)C(N)=O. The average molecular weight is 292 g/mol. The molecule has 0 spiro atoms. The van der Waals surface area contributed by atoms with E-state index in [1.807, 2.05) is 31.2 Å². The van der Waals surface area contributed by atoms with Crippen LogP contribution in [0.1, 0.15) is 38.2 Å². The highest BCUT2D eigenvalue weighted by Gasteiger charge is 2.36. The fourth-order valence-electron chi connectivity index (χ4n) is 2.29. The van der Waals surface area contributed by atoms with Crippen molar-refractivity contribution in [3.8, 4) is 5.75 Å². The zero-order valence-electron chi connectivity index (χ0n) is 12.5. The molecule has 1 unspecified atom stereocenters. The van der Waals surface area contributed by atoms with Crippen molar-refractivity contribution in [1.82, 2.24) is 5.32 Å². The van der Waals surface area contributed by atoms with Gasteiger partial charge in [0, 0.05) is 6.04 Å². The Morgan fingerprint density at radius 3 is 2.90 bits per heavy atom. The molecule has 0 radical (unpaired) electrons. The third kappa shape index (κ3) is 4.72. The summed E-state index contributed by atoms with van der Waals surface area (Å²) in [6.45, 7) is 2.38. The second-order valence-corrected chi connectivity index (χ2v) is 5.87. The monoisotopic (exact) mass is 292 g/mol. The number of ether oxygens (including phenoxy) is 1. The van der Waals surface area contributed by atoms with Crippen LogP contribution in [0.4, 0.5) is 0 Å². The Balaban J connectivity index is 1.77. The normalized spacial score (nSPS) is 17.2. The molecule has 2 rings (SSSR count). The lowest BCUT2D eigenvalue weighted by Gasteiger charge is -2.27. The van der Waals surface area contributed by atoms with Crippen LogP contribution in [-0.4, -0.2) is 29.2 Å². The molecule has 0 aliphatic heterocycles. The summed E-state index contributed by atoms with van der Waals surface area (Å²) in [5.41, 5.74) is 5.68. The van der Waals surface area contributed by atoms with Gasteiger partial charge in [-0.2, -0.15) is 0 Å². The minimum Gasteiger partial charge on any atom is -0.494 e. The van der Waals surface area contributed by atoms with Crippen molar-refractivity contribution in [2.24, 2.45) is 5.73 Å². The van der Waals surface area contributed by atoms with Gasteiger partial charge in [0.2, 0.25) is 5.91 Å². The van der Waals surface area contributed by atoms with Gasteiger partial charge in [0.05, 0.1) is 18.8 Å². The smallest absolute Gasteiger partial charge is 0.237 e. The first-order chi connectivity index (χ1) is 10.0. The second kappa shape index (κ2) is 6.91. The molecule has 1 aliphatic carbocycles. The van der Waals surface area contributed by atoms with Crippen molar-refractivity contribution in [3.05, 3.63) is 29.8 Å². The van der Waals surface area contributed by atoms with Crippen molar-refractivity contribution >= 4 is 5.91 Å². The predicted octanol–water partition coefficient (Wildman–Crippen LogP) is 1.33. The molecule has 0 heterocycles. The van der Waals surface area contributed by atoms with Crippen LogP contribution in [0, 0.1) is 0 Å². The van der Waals surface area contributed by atoms with Crippen molar-refractivity contribution in [2.45, 2.75) is 50.8 Å². The van der Waals surface area contributed by atoms with Gasteiger partial charge in [-0.3, -0.25) is 4.79 Å². The molecular formula is C16H24N2O3. The highest BCUT2D eigenvalue weighted by molar-refractivity contribution is 5.84. The fraction of sp³-hybridized carbons (Fsp3) is 0.562. The maximum absolute atomic E-state index is 11.6. The summed E-state index contributed by atoms with van der Waals surface area (Å²) < 4.78 is 5.65. The summed E-state index contributed by atoms with van der Waals surface area (Å²) in [6, 6.07) is 7.80. The molecule has 0 saturated heterocycles. The number of carbonyl (C=O) groups excluding carboxylic acids is 1. The Bertz CT molecular complexity index is 488. The zero-order valence-corrected chi connectivity index (χ0v) is 12.5. The number of hydrogen-bond acceptors (Lipinski definition) is 4. The van der Waals surface area contributed by atoms with Gasteiger partial charge in [0.25, 0.3) is 0 Å². The van der Waals surface area contributed by atoms with E-state index in [1.54, 1.807) is 0 Å². The number of carbonyl (C=O) groups is 1. The minimum absolute atomic E-state index is 0.00224. The van der Waals surface area contributed by atoms with Gasteiger partial charge in [-0.05, 0) is 50.3 Å². The first-order valence-electron chi connectivity index (χ1n) is 7.44. The molecular weight excluding hydrogens is 268 g/mol. The molecule has 0 aromatic heterocycles. The Kier molecular flexibility index (Phi) is 5.20. The van der Waals surface area contributed by atoms with Crippen LogP contribution in [0.2, 0.25) is 0 Å². The van der Waals surface area contributed by atoms with E-state index in [0.717, 1.165) is 30.6 Å². The lowest BCUT2D eigenvalue weighted by atomic mass is 9.95. The van der Waals surface area contributed by atoms with Gasteiger partial charge in [-0.15, -0.1) is 0 Å². The van der Waals surface area contributed by atoms with E-state index in [4.69, 9.17) is 15.6 Å². The van der Waals surface area contributed by atoms with Gasteiger partial charge >= 0.3 is 0 Å². The summed E-state index contributed by atoms with van der Waals surface area (Å²) in [6.07, 6.45) is 3.63. The van der Waals surface area contributed by atoms with Gasteiger partial charge in [-0.1, -0.05) is 12.1 Å². The topological polar surface area (TPSA) is 84.6 Å². The van der Waals surface area contributed by atoms with Gasteiger partial charge in [0.1, 0.15) is 5.75 Å². The number of primary amides is 1. The number of hydrogen-bond donors (Lipinski definition) is 3. The average Bonchev–Trinajstić information content (AvgIpc) is 3.27. The van der Waals surface area contributed by atoms with Crippen molar-refractivity contribution in [3.63, 3.8) is 0 Å². The Morgan fingerprint density at radius 2 is 2.29 bits per heavy atom. The van der Waals surface area contributed by atoms with Gasteiger partial charge in [0.15, 0.2) is 0 Å². The second-order valence-electron chi connectivity index (χ2n) is 5.87. The molecule has 1 amide bonds. The van der Waals surface area contributed by atoms with Gasteiger partial charge < -0.3 is 20.9 Å². The van der Waals surface area contributed by atoms with E-state index in [-0.39, 0.29) is 12.5 Å². The van der Waals surface area contributed by atoms with Crippen LogP contribution in [0.15, 0.2) is 24.3 Å². The van der Waals surface area contributed by atoms with Crippen LogP contribution in [0.25, 0.3) is 0 Å². The minimum atomic E-state index is -0.655. The molecule has 0 bridgehead atoms. The highest BCUT2D eigenvalue weighted by Crippen LogP contribution is 2.25. The molecule has 1 aliphatic rings. The summed E-state index contributed by atoms with van der Waals surface area (Å²) in [7, 11) is 0. The van der Waals surface area contributed by atoms with Gasteiger partial charge in [-0.25, -0.2) is 0 Å². The standard InChI is InChI=1S/C16H24N2O3/c1-16(15(17)20,18-13-6-7-13)8-3-9-21-14-5-2-4-12(10-14)11-19/h2,4-5,10,13,18-19H,3,6-9,11H2,1H3,(H2,17,20). The third-order valence-electron chi connectivity index (χ3n) is 3.81. The molecule has 1 atom stereocenters. The largest absolute Gasteiger partial charge is 0.494 e. The summed E-state index contributed by atoms with van der Waals surface area (Å²) in [4.78, 5) is 11.6. The van der Waals surface area contributed by atoms with Crippen LogP contribution in [0.5, 0.6) is 5.75 Å². The van der Waals surface area contributed by atoms with Crippen molar-refractivity contribution < 1.29 is 14.6 Å². The molecule has 5 heteroatoms. The molecule has 21 heavy (non-hydrogen) atoms. The number of aliphatic hydroxyl groups excluding tert-OH is 1. The molecule has 1 aromatic carbocycles. The number of aliphatic hydroxyl groups is 1. The van der Waals surface area contributed by atoms with E-state index in [0.29, 0.717) is 19.1 Å². The van der Waals surface area contributed by atoms with E-state index in [1.165, 1.54) is 0 Å². The predicted molar refractivity (Wildman–Crippen MR) is 80.9 cm³/mol. The molecule has 1 saturated carbocycles. The first kappa shape index (κ1) is 15.8. The van der Waals surface area contributed by atoms with Crippen LogP contribution in [-0.2, 0) is 11.4 Å². The number of nitrogens with one attached hydrogen (secondary N) is 1. The molecule has 1 fully saturated rings. The van der Waals surface area contributed by atoms with E-state index < -0.39 is 5.54 Å². The van der Waals surface area contributed by atoms with E-state index >= 15 is 0 Å². The maximum atomic E-state index is 11.6. The summed E-state index contributed by atoms with van der Waals surface area (Å²) >= 11 is 0. The summed E-state index contributed by atoms with van der Waals surface area (Å²) in [5.74, 6) is 0.425. The van der Waals surface area contributed by atoms with E-state index in [2.05, 4.69) is 5.32 Å². The Hall–Kier alpha value is -1.59. The van der Waals surface area contributed by atoms with E-state index in [9.17, 15) is 4.79 Å². The highest BCUT2D eigenvalue weighted by atomic mass is 16.5. The Morgan fingerprint density at radius 1 is 1.52 bits per heavy atom. The number of rotatable bonds is 9. The van der Waals surface area contributed by atoms with Crippen molar-refractivity contribution in [2.75, 3.05) is 6.61 Å². The first-order valence-corrected chi connectivity index (χ1v) is 7.44. The molecule has 5 nitrogen and oxygen atoms in total. The maximum Gasteiger partial charge on any atom is 0.237 e. The summed E-state index contributed by atoms with van der Waals surface area (Å²) in [5, 5.41) is 12.4. The number of benzene rings is 1. The number of nitrogens with two attached hydrogens (primary N) is 1. The van der Waals surface area contributed by atoms with Crippen molar-refractivity contribution in [1.29, 1.82) is 0 Å². The van der Waals surface area contributed by atoms with Crippen LogP contribution >= 0.6 is 0 Å². The van der Waals surface area contributed by atoms with Crippen LogP contribution < -0.4 is 15.8 Å².